The van der Waals surface area contributed by atoms with Gasteiger partial charge in [-0.1, -0.05) is 22.9 Å². The molecule has 0 saturated heterocycles. The third-order valence-corrected chi connectivity index (χ3v) is 4.23. The van der Waals surface area contributed by atoms with Gasteiger partial charge in [0, 0.05) is 6.20 Å². The average molecular weight is 264 g/mol. The number of nitrogens with zero attached hydrogens (tertiary/aromatic N) is 2. The fourth-order valence-electron chi connectivity index (χ4n) is 1.58. The second-order valence-electron chi connectivity index (χ2n) is 3.79. The maximum Gasteiger partial charge on any atom is 0.268 e. The van der Waals surface area contributed by atoms with Gasteiger partial charge < -0.3 is 5.21 Å². The molecule has 0 saturated carbocycles. The van der Waals surface area contributed by atoms with Gasteiger partial charge in [-0.05, 0) is 31.2 Å². The molecule has 0 spiro atoms. The normalized spacial score (nSPS) is 12.1. The van der Waals surface area contributed by atoms with Crippen LogP contribution in [0.5, 0.6) is 0 Å². The Labute approximate surface area is 105 Å². The molecule has 94 valence electrons. The van der Waals surface area contributed by atoms with Crippen molar-refractivity contribution in [2.75, 3.05) is 0 Å². The largest absolute Gasteiger partial charge is 0.411 e. The molecule has 0 aliphatic carbocycles. The first-order chi connectivity index (χ1) is 8.55. The molecule has 5 nitrogen and oxygen atoms in total. The summed E-state index contributed by atoms with van der Waals surface area (Å²) in [4.78, 5) is 0.192. The van der Waals surface area contributed by atoms with Crippen molar-refractivity contribution in [3.63, 3.8) is 0 Å². The molecule has 18 heavy (non-hydrogen) atoms. The monoisotopic (exact) mass is 264 g/mol. The molecule has 1 N–H and O–H groups in total. The Balaban J connectivity index is 2.54. The zero-order valence-electron chi connectivity index (χ0n) is 9.69. The van der Waals surface area contributed by atoms with Gasteiger partial charge in [0.25, 0.3) is 10.0 Å². The summed E-state index contributed by atoms with van der Waals surface area (Å²) in [5, 5.41) is 11.3. The van der Waals surface area contributed by atoms with Crippen molar-refractivity contribution >= 4 is 16.2 Å². The van der Waals surface area contributed by atoms with E-state index in [1.807, 2.05) is 6.92 Å². The number of aromatic nitrogens is 1. The molecule has 1 heterocycles. The second-order valence-corrected chi connectivity index (χ2v) is 5.61. The van der Waals surface area contributed by atoms with Crippen molar-refractivity contribution in [1.29, 1.82) is 0 Å². The molecule has 0 amide bonds. The van der Waals surface area contributed by atoms with Gasteiger partial charge in [0.15, 0.2) is 0 Å². The van der Waals surface area contributed by atoms with Crippen LogP contribution in [-0.4, -0.2) is 23.8 Å². The van der Waals surface area contributed by atoms with Gasteiger partial charge in [-0.25, -0.2) is 12.4 Å². The number of benzene rings is 1. The van der Waals surface area contributed by atoms with Crippen molar-refractivity contribution < 1.29 is 13.6 Å². The summed E-state index contributed by atoms with van der Waals surface area (Å²) in [5.74, 6) is 0. The van der Waals surface area contributed by atoms with E-state index in [0.29, 0.717) is 0 Å². The van der Waals surface area contributed by atoms with Gasteiger partial charge in [-0.3, -0.25) is 0 Å². The molecule has 6 heteroatoms. The summed E-state index contributed by atoms with van der Waals surface area (Å²) in [5.41, 5.74) is 1.27. The van der Waals surface area contributed by atoms with Crippen LogP contribution in [0.15, 0.2) is 52.6 Å². The minimum Gasteiger partial charge on any atom is -0.411 e. The molecule has 2 rings (SSSR count). The number of hydrogen-bond acceptors (Lipinski definition) is 4. The third kappa shape index (κ3) is 2.14. The summed E-state index contributed by atoms with van der Waals surface area (Å²) in [6, 6.07) is 9.68. The first-order valence-electron chi connectivity index (χ1n) is 5.23. The Morgan fingerprint density at radius 3 is 2.50 bits per heavy atom. The predicted molar refractivity (Wildman–Crippen MR) is 67.6 cm³/mol. The van der Waals surface area contributed by atoms with E-state index < -0.39 is 10.0 Å². The van der Waals surface area contributed by atoms with Crippen molar-refractivity contribution in [1.82, 2.24) is 3.97 Å². The molecule has 0 bridgehead atoms. The van der Waals surface area contributed by atoms with E-state index in [0.717, 1.165) is 15.8 Å². The lowest BCUT2D eigenvalue weighted by Gasteiger charge is -2.08. The molecule has 2 aromatic rings. The van der Waals surface area contributed by atoms with E-state index in [-0.39, 0.29) is 10.6 Å². The van der Waals surface area contributed by atoms with Gasteiger partial charge in [-0.2, -0.15) is 0 Å². The SMILES string of the molecule is Cc1ccc(S(=O)(=O)n2cccc2/C=N/O)cc1. The van der Waals surface area contributed by atoms with Crippen molar-refractivity contribution in [2.24, 2.45) is 5.16 Å². The van der Waals surface area contributed by atoms with Crippen LogP contribution in [0, 0.1) is 6.92 Å². The molecular weight excluding hydrogens is 252 g/mol. The fraction of sp³-hybridized carbons (Fsp3) is 0.0833. The minimum atomic E-state index is -3.65. The Morgan fingerprint density at radius 1 is 1.22 bits per heavy atom. The predicted octanol–water partition coefficient (Wildman–Crippen LogP) is 1.84. The topological polar surface area (TPSA) is 71.7 Å². The number of rotatable bonds is 3. The Hall–Kier alpha value is -2.08. The Bertz CT molecular complexity index is 670. The highest BCUT2D eigenvalue weighted by atomic mass is 32.2. The summed E-state index contributed by atoms with van der Waals surface area (Å²) in [6.07, 6.45) is 2.48. The van der Waals surface area contributed by atoms with Gasteiger partial charge in [-0.15, -0.1) is 0 Å². The van der Waals surface area contributed by atoms with Gasteiger partial charge >= 0.3 is 0 Å². The highest BCUT2D eigenvalue weighted by molar-refractivity contribution is 7.90. The Kier molecular flexibility index (Phi) is 3.20. The van der Waals surface area contributed by atoms with Crippen LogP contribution in [0.4, 0.5) is 0 Å². The highest BCUT2D eigenvalue weighted by Crippen LogP contribution is 2.16. The smallest absolute Gasteiger partial charge is 0.268 e. The van der Waals surface area contributed by atoms with Crippen LogP contribution in [0.3, 0.4) is 0 Å². The van der Waals surface area contributed by atoms with E-state index in [4.69, 9.17) is 5.21 Å². The molecule has 0 fully saturated rings. The fourth-order valence-corrected chi connectivity index (χ4v) is 2.90. The van der Waals surface area contributed by atoms with Crippen LogP contribution in [0.2, 0.25) is 0 Å². The maximum atomic E-state index is 12.3. The lowest BCUT2D eigenvalue weighted by Crippen LogP contribution is -2.14. The molecule has 0 atom stereocenters. The standard InChI is InChI=1S/C12H12N2O3S/c1-10-4-6-12(7-5-10)18(16,17)14-8-2-3-11(14)9-13-15/h2-9,15H,1H3/b13-9+. The zero-order valence-corrected chi connectivity index (χ0v) is 10.5. The quantitative estimate of drug-likeness (QED) is 0.522. The second kappa shape index (κ2) is 4.66. The zero-order chi connectivity index (χ0) is 13.2. The molecule has 0 radical (unpaired) electrons. The van der Waals surface area contributed by atoms with Crippen LogP contribution in [0.1, 0.15) is 11.3 Å². The summed E-state index contributed by atoms with van der Waals surface area (Å²) < 4.78 is 25.7. The van der Waals surface area contributed by atoms with E-state index in [9.17, 15) is 8.42 Å². The minimum absolute atomic E-state index is 0.192. The molecule has 1 aromatic carbocycles. The van der Waals surface area contributed by atoms with Crippen LogP contribution < -0.4 is 0 Å². The van der Waals surface area contributed by atoms with Gasteiger partial charge in [0.2, 0.25) is 0 Å². The highest BCUT2D eigenvalue weighted by Gasteiger charge is 2.18. The van der Waals surface area contributed by atoms with Crippen molar-refractivity contribution in [3.05, 3.63) is 53.9 Å². The first-order valence-corrected chi connectivity index (χ1v) is 6.67. The molecular formula is C12H12N2O3S. The molecule has 1 aromatic heterocycles. The van der Waals surface area contributed by atoms with E-state index in [2.05, 4.69) is 5.16 Å². The number of aryl methyl sites for hydroxylation is 1. The molecule has 0 unspecified atom stereocenters. The van der Waals surface area contributed by atoms with Crippen LogP contribution in [0.25, 0.3) is 0 Å². The van der Waals surface area contributed by atoms with E-state index in [1.54, 1.807) is 36.4 Å². The van der Waals surface area contributed by atoms with Crippen molar-refractivity contribution in [2.45, 2.75) is 11.8 Å². The summed E-state index contributed by atoms with van der Waals surface area (Å²) in [7, 11) is -3.65. The maximum absolute atomic E-state index is 12.3. The van der Waals surface area contributed by atoms with E-state index in [1.165, 1.54) is 6.20 Å². The number of oxime groups is 1. The third-order valence-electron chi connectivity index (χ3n) is 2.51. The molecule has 0 aliphatic heterocycles. The van der Waals surface area contributed by atoms with Crippen LogP contribution >= 0.6 is 0 Å². The lowest BCUT2D eigenvalue weighted by molar-refractivity contribution is 0.321. The summed E-state index contributed by atoms with van der Waals surface area (Å²) >= 11 is 0. The lowest BCUT2D eigenvalue weighted by atomic mass is 10.2. The summed E-state index contributed by atoms with van der Waals surface area (Å²) in [6.45, 7) is 1.88. The average Bonchev–Trinajstić information content (AvgIpc) is 2.79. The molecule has 0 aliphatic rings. The van der Waals surface area contributed by atoms with E-state index >= 15 is 0 Å². The number of hydrogen-bond donors (Lipinski definition) is 1. The van der Waals surface area contributed by atoms with Crippen molar-refractivity contribution in [3.8, 4) is 0 Å². The Morgan fingerprint density at radius 2 is 1.89 bits per heavy atom. The first kappa shape index (κ1) is 12.4. The van der Waals surface area contributed by atoms with Gasteiger partial charge in [0.1, 0.15) is 0 Å². The van der Waals surface area contributed by atoms with Gasteiger partial charge in [0.05, 0.1) is 16.8 Å². The van der Waals surface area contributed by atoms with Crippen LogP contribution in [-0.2, 0) is 10.0 Å².